The third-order valence-corrected chi connectivity index (χ3v) is 3.72. The second-order valence-corrected chi connectivity index (χ2v) is 5.36. The number of hydrogen-bond donors (Lipinski definition) is 0. The highest BCUT2D eigenvalue weighted by Gasteiger charge is 2.30. The van der Waals surface area contributed by atoms with Crippen LogP contribution >= 0.6 is 15.9 Å². The predicted octanol–water partition coefficient (Wildman–Crippen LogP) is 4.98. The summed E-state index contributed by atoms with van der Waals surface area (Å²) in [7, 11) is 0. The van der Waals surface area contributed by atoms with Gasteiger partial charge >= 0.3 is 6.18 Å². The Morgan fingerprint density at radius 2 is 1.76 bits per heavy atom. The van der Waals surface area contributed by atoms with Crippen LogP contribution in [0, 0.1) is 0 Å². The number of halogens is 4. The summed E-state index contributed by atoms with van der Waals surface area (Å²) in [6.07, 6.45) is -4.33. The van der Waals surface area contributed by atoms with Crippen LogP contribution in [0.25, 0.3) is 0 Å². The Labute approximate surface area is 127 Å². The first kappa shape index (κ1) is 14.1. The number of nitrogens with zero attached hydrogens (tertiary/aromatic N) is 1. The van der Waals surface area contributed by atoms with Crippen LogP contribution in [0.1, 0.15) is 11.1 Å². The molecule has 108 valence electrons. The lowest BCUT2D eigenvalue weighted by Crippen LogP contribution is -2.17. The quantitative estimate of drug-likeness (QED) is 0.706. The molecule has 1 heterocycles. The molecule has 6 heteroatoms. The van der Waals surface area contributed by atoms with Crippen LogP contribution in [0.15, 0.2) is 51.9 Å². The first-order valence-corrected chi connectivity index (χ1v) is 6.91. The van der Waals surface area contributed by atoms with E-state index in [0.717, 1.165) is 16.6 Å². The van der Waals surface area contributed by atoms with Crippen molar-refractivity contribution in [2.45, 2.75) is 6.18 Å². The molecule has 0 atom stereocenters. The highest BCUT2D eigenvalue weighted by atomic mass is 79.9. The van der Waals surface area contributed by atoms with Gasteiger partial charge in [0.1, 0.15) is 12.3 Å². The van der Waals surface area contributed by atoms with Crippen LogP contribution in [0.4, 0.5) is 18.9 Å². The molecule has 1 aliphatic rings. The lowest BCUT2D eigenvalue weighted by atomic mass is 10.1. The minimum Gasteiger partial charge on any atom is -0.484 e. The topological polar surface area (TPSA) is 21.6 Å². The largest absolute Gasteiger partial charge is 0.484 e. The normalized spacial score (nSPS) is 14.2. The summed E-state index contributed by atoms with van der Waals surface area (Å²) in [4.78, 5) is 4.45. The molecule has 0 spiro atoms. The van der Waals surface area contributed by atoms with Gasteiger partial charge in [0.15, 0.2) is 5.75 Å². The van der Waals surface area contributed by atoms with Crippen LogP contribution in [0.3, 0.4) is 0 Å². The standard InChI is InChI=1S/C15H9BrF3NO/c16-11-2-1-3-12-14(11)21-8-13(20-12)9-4-6-10(7-5-9)15(17,18)19/h1-7H,8H2. The summed E-state index contributed by atoms with van der Waals surface area (Å²) in [5.41, 5.74) is 1.21. The van der Waals surface area contributed by atoms with Gasteiger partial charge < -0.3 is 4.74 Å². The molecule has 21 heavy (non-hydrogen) atoms. The third kappa shape index (κ3) is 2.81. The van der Waals surface area contributed by atoms with E-state index in [0.29, 0.717) is 22.7 Å². The summed E-state index contributed by atoms with van der Waals surface area (Å²) in [5.74, 6) is 0.646. The maximum atomic E-state index is 12.5. The van der Waals surface area contributed by atoms with Gasteiger partial charge in [-0.25, -0.2) is 4.99 Å². The van der Waals surface area contributed by atoms with E-state index in [1.54, 1.807) is 6.07 Å². The number of rotatable bonds is 1. The van der Waals surface area contributed by atoms with Gasteiger partial charge in [-0.05, 0) is 45.8 Å². The third-order valence-electron chi connectivity index (χ3n) is 3.10. The van der Waals surface area contributed by atoms with Gasteiger partial charge in [0.25, 0.3) is 0 Å². The van der Waals surface area contributed by atoms with Gasteiger partial charge in [0.05, 0.1) is 15.7 Å². The van der Waals surface area contributed by atoms with Crippen molar-refractivity contribution >= 4 is 27.3 Å². The Bertz CT molecular complexity index is 708. The Kier molecular flexibility index (Phi) is 3.49. The molecule has 3 rings (SSSR count). The highest BCUT2D eigenvalue weighted by molar-refractivity contribution is 9.10. The molecule has 0 fully saturated rings. The average molecular weight is 356 g/mol. The van der Waals surface area contributed by atoms with Gasteiger partial charge in [0, 0.05) is 0 Å². The Morgan fingerprint density at radius 1 is 1.05 bits per heavy atom. The van der Waals surface area contributed by atoms with E-state index >= 15 is 0 Å². The lowest BCUT2D eigenvalue weighted by molar-refractivity contribution is -0.137. The zero-order valence-corrected chi connectivity index (χ0v) is 12.2. The fourth-order valence-electron chi connectivity index (χ4n) is 2.05. The predicted molar refractivity (Wildman–Crippen MR) is 77.3 cm³/mol. The second kappa shape index (κ2) is 5.18. The number of aliphatic imine (C=N–C) groups is 1. The Morgan fingerprint density at radius 3 is 2.43 bits per heavy atom. The van der Waals surface area contributed by atoms with E-state index in [9.17, 15) is 13.2 Å². The molecular weight excluding hydrogens is 347 g/mol. The minimum absolute atomic E-state index is 0.223. The minimum atomic E-state index is -4.33. The molecule has 2 aromatic rings. The van der Waals surface area contributed by atoms with Gasteiger partial charge in [-0.2, -0.15) is 13.2 Å². The van der Waals surface area contributed by atoms with Crippen molar-refractivity contribution in [3.8, 4) is 5.75 Å². The average Bonchev–Trinajstić information content (AvgIpc) is 2.46. The highest BCUT2D eigenvalue weighted by Crippen LogP contribution is 2.38. The van der Waals surface area contributed by atoms with Crippen molar-refractivity contribution < 1.29 is 17.9 Å². The van der Waals surface area contributed by atoms with Crippen LogP contribution in [0.5, 0.6) is 5.75 Å². The number of ether oxygens (including phenoxy) is 1. The lowest BCUT2D eigenvalue weighted by Gasteiger charge is -2.18. The first-order chi connectivity index (χ1) is 9.95. The van der Waals surface area contributed by atoms with Crippen molar-refractivity contribution in [2.75, 3.05) is 6.61 Å². The van der Waals surface area contributed by atoms with E-state index in [-0.39, 0.29) is 6.61 Å². The number of hydrogen-bond acceptors (Lipinski definition) is 2. The zero-order chi connectivity index (χ0) is 15.0. The van der Waals surface area contributed by atoms with Crippen molar-refractivity contribution in [1.29, 1.82) is 0 Å². The van der Waals surface area contributed by atoms with E-state index in [4.69, 9.17) is 4.74 Å². The van der Waals surface area contributed by atoms with Crippen LogP contribution in [-0.2, 0) is 6.18 Å². The SMILES string of the molecule is FC(F)(F)c1ccc(C2=Nc3cccc(Br)c3OC2)cc1. The van der Waals surface area contributed by atoms with Crippen LogP contribution < -0.4 is 4.74 Å². The molecule has 1 aliphatic heterocycles. The molecule has 0 bridgehead atoms. The second-order valence-electron chi connectivity index (χ2n) is 4.51. The molecule has 0 aliphatic carbocycles. The number of alkyl halides is 3. The fourth-order valence-corrected chi connectivity index (χ4v) is 2.52. The van der Waals surface area contributed by atoms with Crippen molar-refractivity contribution in [3.63, 3.8) is 0 Å². The van der Waals surface area contributed by atoms with Gasteiger partial charge in [-0.15, -0.1) is 0 Å². The maximum absolute atomic E-state index is 12.5. The Hall–Kier alpha value is -1.82. The van der Waals surface area contributed by atoms with E-state index in [1.807, 2.05) is 12.1 Å². The van der Waals surface area contributed by atoms with Gasteiger partial charge in [0.2, 0.25) is 0 Å². The molecule has 0 aromatic heterocycles. The van der Waals surface area contributed by atoms with Crippen molar-refractivity contribution in [1.82, 2.24) is 0 Å². The summed E-state index contributed by atoms with van der Waals surface area (Å²) < 4.78 is 44.0. The molecule has 0 saturated heterocycles. The van der Waals surface area contributed by atoms with Crippen molar-refractivity contribution in [2.24, 2.45) is 4.99 Å². The Balaban J connectivity index is 1.95. The smallest absolute Gasteiger partial charge is 0.416 e. The fraction of sp³-hybridized carbons (Fsp3) is 0.133. The summed E-state index contributed by atoms with van der Waals surface area (Å²) in [5, 5.41) is 0. The van der Waals surface area contributed by atoms with Crippen LogP contribution in [0.2, 0.25) is 0 Å². The van der Waals surface area contributed by atoms with E-state index < -0.39 is 11.7 Å². The number of benzene rings is 2. The molecule has 0 radical (unpaired) electrons. The molecular formula is C15H9BrF3NO. The summed E-state index contributed by atoms with van der Waals surface area (Å²) >= 11 is 3.37. The summed E-state index contributed by atoms with van der Waals surface area (Å²) in [6.45, 7) is 0.223. The van der Waals surface area contributed by atoms with E-state index in [1.165, 1.54) is 12.1 Å². The summed E-state index contributed by atoms with van der Waals surface area (Å²) in [6, 6.07) is 10.4. The van der Waals surface area contributed by atoms with Gasteiger partial charge in [-0.1, -0.05) is 18.2 Å². The molecule has 0 N–H and O–H groups in total. The monoisotopic (exact) mass is 355 g/mol. The van der Waals surface area contributed by atoms with Gasteiger partial charge in [-0.3, -0.25) is 0 Å². The van der Waals surface area contributed by atoms with Crippen molar-refractivity contribution in [3.05, 3.63) is 58.1 Å². The number of fused-ring (bicyclic) bond motifs is 1. The molecule has 0 saturated carbocycles. The zero-order valence-electron chi connectivity index (χ0n) is 10.6. The molecule has 2 aromatic carbocycles. The number of para-hydroxylation sites is 1. The van der Waals surface area contributed by atoms with Crippen LogP contribution in [-0.4, -0.2) is 12.3 Å². The molecule has 0 amide bonds. The molecule has 2 nitrogen and oxygen atoms in total. The first-order valence-electron chi connectivity index (χ1n) is 6.11. The van der Waals surface area contributed by atoms with E-state index in [2.05, 4.69) is 20.9 Å². The molecule has 0 unspecified atom stereocenters. The maximum Gasteiger partial charge on any atom is 0.416 e.